The maximum absolute atomic E-state index is 12.9. The number of carbonyl (C=O) groups excluding carboxylic acids is 3. The van der Waals surface area contributed by atoms with Crippen molar-refractivity contribution in [2.75, 3.05) is 50.2 Å². The zero-order valence-corrected chi connectivity index (χ0v) is 24.5. The van der Waals surface area contributed by atoms with Crippen molar-refractivity contribution in [1.82, 2.24) is 15.1 Å². The molecule has 0 radical (unpaired) electrons. The van der Waals surface area contributed by atoms with Crippen molar-refractivity contribution in [3.63, 3.8) is 0 Å². The van der Waals surface area contributed by atoms with E-state index in [1.165, 1.54) is 0 Å². The monoisotopic (exact) mass is 595 g/mol. The summed E-state index contributed by atoms with van der Waals surface area (Å²) in [7, 11) is 0. The molecular weight excluding hydrogens is 558 g/mol. The fourth-order valence-corrected chi connectivity index (χ4v) is 4.31. The summed E-state index contributed by atoms with van der Waals surface area (Å²) in [6, 6.07) is 11.5. The van der Waals surface area contributed by atoms with Gasteiger partial charge in [-0.1, -0.05) is 6.07 Å². The van der Waals surface area contributed by atoms with Crippen LogP contribution in [0.15, 0.2) is 53.5 Å². The summed E-state index contributed by atoms with van der Waals surface area (Å²) in [5, 5.41) is 13.4. The number of imide groups is 1. The van der Waals surface area contributed by atoms with E-state index >= 15 is 0 Å². The van der Waals surface area contributed by atoms with E-state index in [-0.39, 0.29) is 24.3 Å². The Morgan fingerprint density at radius 2 is 1.77 bits per heavy atom. The molecule has 0 bridgehead atoms. The van der Waals surface area contributed by atoms with E-state index < -0.39 is 23.6 Å². The van der Waals surface area contributed by atoms with Gasteiger partial charge in [0.05, 0.1) is 38.0 Å². The molecule has 230 valence electrons. The van der Waals surface area contributed by atoms with Gasteiger partial charge in [0.1, 0.15) is 24.0 Å². The fraction of sp³-hybridized carbons (Fsp3) is 0.433. The minimum Gasteiger partial charge on any atom is -0.491 e. The van der Waals surface area contributed by atoms with Gasteiger partial charge in [-0.25, -0.2) is 9.48 Å². The summed E-state index contributed by atoms with van der Waals surface area (Å²) in [6.45, 7) is 7.93. The number of carbonyl (C=O) groups is 3. The van der Waals surface area contributed by atoms with Crippen LogP contribution in [-0.4, -0.2) is 72.9 Å². The van der Waals surface area contributed by atoms with Crippen LogP contribution in [0.3, 0.4) is 0 Å². The van der Waals surface area contributed by atoms with Gasteiger partial charge in [-0.2, -0.15) is 5.10 Å². The molecule has 2 heterocycles. The van der Waals surface area contributed by atoms with Crippen molar-refractivity contribution < 1.29 is 33.3 Å². The Morgan fingerprint density at radius 1 is 1.00 bits per heavy atom. The van der Waals surface area contributed by atoms with E-state index in [4.69, 9.17) is 18.9 Å². The first-order chi connectivity index (χ1) is 20.6. The lowest BCUT2D eigenvalue weighted by Crippen LogP contribution is -2.45. The predicted octanol–water partition coefficient (Wildman–Crippen LogP) is 3.25. The highest BCUT2D eigenvalue weighted by Gasteiger charge is 2.29. The zero-order valence-electron chi connectivity index (χ0n) is 24.5. The van der Waals surface area contributed by atoms with Crippen molar-refractivity contribution in [2.24, 2.45) is 0 Å². The third-order valence-corrected chi connectivity index (χ3v) is 6.24. The number of piperidine rings is 1. The molecule has 43 heavy (non-hydrogen) atoms. The Balaban J connectivity index is 1.10. The Hall–Kier alpha value is -4.49. The molecule has 0 spiro atoms. The van der Waals surface area contributed by atoms with Gasteiger partial charge in [0.2, 0.25) is 5.91 Å². The summed E-state index contributed by atoms with van der Waals surface area (Å²) in [6.07, 6.45) is 1.42. The molecule has 2 aromatic carbocycles. The van der Waals surface area contributed by atoms with Gasteiger partial charge in [0.15, 0.2) is 0 Å². The molecule has 1 saturated heterocycles. The summed E-state index contributed by atoms with van der Waals surface area (Å²) < 4.78 is 23.2. The molecule has 13 heteroatoms. The topological polar surface area (TPSA) is 159 Å². The van der Waals surface area contributed by atoms with Crippen LogP contribution in [0.2, 0.25) is 0 Å². The van der Waals surface area contributed by atoms with E-state index in [0.29, 0.717) is 61.8 Å². The van der Waals surface area contributed by atoms with Crippen LogP contribution in [0.5, 0.6) is 5.75 Å². The summed E-state index contributed by atoms with van der Waals surface area (Å²) >= 11 is 0. The Morgan fingerprint density at radius 3 is 2.53 bits per heavy atom. The third kappa shape index (κ3) is 9.51. The molecule has 1 atom stereocenters. The average molecular weight is 596 g/mol. The first kappa shape index (κ1) is 31.4. The standard InChI is InChI=1S/C30H37N5O8/c1-30(2,3)43-29(39)33-22-5-4-6-23(18-22)42-16-15-41-14-13-40-12-11-31-21-7-8-24-20(17-21)19-32-35(28(24)38)25-9-10-26(36)34-27(25)37/h4-8,17-19,25,31H,9-16H2,1-3H3,(H,33,39)(H,34,36,37). The molecule has 3 N–H and O–H groups in total. The number of nitrogens with one attached hydrogen (secondary N) is 3. The van der Waals surface area contributed by atoms with Gasteiger partial charge in [0, 0.05) is 35.8 Å². The van der Waals surface area contributed by atoms with Crippen molar-refractivity contribution in [1.29, 1.82) is 0 Å². The van der Waals surface area contributed by atoms with E-state index in [1.54, 1.807) is 63.4 Å². The number of amides is 3. The second kappa shape index (κ2) is 14.6. The van der Waals surface area contributed by atoms with E-state index in [0.717, 1.165) is 10.4 Å². The Kier molecular flexibility index (Phi) is 10.7. The Labute approximate surface area is 248 Å². The van der Waals surface area contributed by atoms with Gasteiger partial charge >= 0.3 is 6.09 Å². The lowest BCUT2D eigenvalue weighted by Gasteiger charge is -2.21. The van der Waals surface area contributed by atoms with Crippen LogP contribution in [0.25, 0.3) is 10.8 Å². The van der Waals surface area contributed by atoms with Crippen molar-refractivity contribution in [3.05, 3.63) is 59.0 Å². The van der Waals surface area contributed by atoms with Crippen LogP contribution in [-0.2, 0) is 23.8 Å². The van der Waals surface area contributed by atoms with Crippen LogP contribution in [0.4, 0.5) is 16.2 Å². The maximum atomic E-state index is 12.9. The van der Waals surface area contributed by atoms with Gasteiger partial charge in [0.25, 0.3) is 11.5 Å². The number of benzene rings is 2. The van der Waals surface area contributed by atoms with Crippen LogP contribution in [0, 0.1) is 0 Å². The number of aromatic nitrogens is 2. The smallest absolute Gasteiger partial charge is 0.412 e. The summed E-state index contributed by atoms with van der Waals surface area (Å²) in [5.74, 6) is -0.259. The highest BCUT2D eigenvalue weighted by molar-refractivity contribution is 5.99. The molecule has 3 amide bonds. The number of nitrogens with zero attached hydrogens (tertiary/aromatic N) is 2. The first-order valence-electron chi connectivity index (χ1n) is 14.1. The largest absolute Gasteiger partial charge is 0.491 e. The molecule has 0 aliphatic carbocycles. The van der Waals surface area contributed by atoms with Gasteiger partial charge < -0.3 is 24.3 Å². The third-order valence-electron chi connectivity index (χ3n) is 6.24. The quantitative estimate of drug-likeness (QED) is 0.198. The molecule has 4 rings (SSSR count). The lowest BCUT2D eigenvalue weighted by atomic mass is 10.1. The number of ether oxygens (including phenoxy) is 4. The molecule has 13 nitrogen and oxygen atoms in total. The first-order valence-corrected chi connectivity index (χ1v) is 14.1. The number of hydrogen-bond acceptors (Lipinski definition) is 10. The van der Waals surface area contributed by atoms with Crippen LogP contribution >= 0.6 is 0 Å². The molecule has 0 saturated carbocycles. The molecular formula is C30H37N5O8. The van der Waals surface area contributed by atoms with Crippen LogP contribution in [0.1, 0.15) is 39.7 Å². The number of hydrogen-bond donors (Lipinski definition) is 3. The minimum atomic E-state index is -0.798. The lowest BCUT2D eigenvalue weighted by molar-refractivity contribution is -0.136. The van der Waals surface area contributed by atoms with Crippen molar-refractivity contribution in [3.8, 4) is 5.75 Å². The van der Waals surface area contributed by atoms with E-state index in [1.807, 2.05) is 6.07 Å². The molecule has 3 aromatic rings. The maximum Gasteiger partial charge on any atom is 0.412 e. The highest BCUT2D eigenvalue weighted by atomic mass is 16.6. The van der Waals surface area contributed by atoms with Gasteiger partial charge in [-0.3, -0.25) is 25.0 Å². The summed E-state index contributed by atoms with van der Waals surface area (Å²) in [4.78, 5) is 48.4. The van der Waals surface area contributed by atoms with Gasteiger partial charge in [-0.05, 0) is 57.5 Å². The highest BCUT2D eigenvalue weighted by Crippen LogP contribution is 2.20. The van der Waals surface area contributed by atoms with Gasteiger partial charge in [-0.15, -0.1) is 0 Å². The normalized spacial score (nSPS) is 15.2. The van der Waals surface area contributed by atoms with Crippen molar-refractivity contribution >= 4 is 40.1 Å². The minimum absolute atomic E-state index is 0.168. The Bertz CT molecular complexity index is 1500. The van der Waals surface area contributed by atoms with Crippen molar-refractivity contribution in [2.45, 2.75) is 45.3 Å². The number of rotatable bonds is 13. The summed E-state index contributed by atoms with van der Waals surface area (Å²) in [5.41, 5.74) is 0.414. The molecule has 1 unspecified atom stereocenters. The SMILES string of the molecule is CC(C)(C)OC(=O)Nc1cccc(OCCOCCOCCNc2ccc3c(=O)n(C4CCC(=O)NC4=O)ncc3c2)c1. The molecule has 1 aliphatic rings. The number of fused-ring (bicyclic) bond motifs is 1. The second-order valence-electron chi connectivity index (χ2n) is 10.8. The molecule has 1 fully saturated rings. The van der Waals surface area contributed by atoms with E-state index in [9.17, 15) is 19.2 Å². The predicted molar refractivity (Wildman–Crippen MR) is 159 cm³/mol. The number of anilines is 2. The fourth-order valence-electron chi connectivity index (χ4n) is 4.31. The van der Waals surface area contributed by atoms with Crippen LogP contribution < -0.4 is 26.2 Å². The molecule has 1 aromatic heterocycles. The molecule has 1 aliphatic heterocycles. The van der Waals surface area contributed by atoms with E-state index in [2.05, 4.69) is 21.0 Å². The average Bonchev–Trinajstić information content (AvgIpc) is 2.94. The zero-order chi connectivity index (χ0) is 30.8. The second-order valence-corrected chi connectivity index (χ2v) is 10.8.